The van der Waals surface area contributed by atoms with Gasteiger partial charge in [0.2, 0.25) is 0 Å². The fraction of sp³-hybridized carbons (Fsp3) is 0.222. The molecule has 0 saturated carbocycles. The van der Waals surface area contributed by atoms with Crippen molar-refractivity contribution in [2.45, 2.75) is 6.92 Å². The van der Waals surface area contributed by atoms with Crippen molar-refractivity contribution in [1.82, 2.24) is 5.43 Å². The van der Waals surface area contributed by atoms with Crippen molar-refractivity contribution >= 4 is 21.8 Å². The summed E-state index contributed by atoms with van der Waals surface area (Å²) in [5, 5.41) is 0. The maximum absolute atomic E-state index is 5.32. The summed E-state index contributed by atoms with van der Waals surface area (Å²) in [4.78, 5) is 4.02. The van der Waals surface area contributed by atoms with Gasteiger partial charge < -0.3 is 5.43 Å². The minimum Gasteiger partial charge on any atom is -0.308 e. The molecule has 1 rings (SSSR count). The number of nitrogens with zero attached hydrogens (tertiary/aromatic N) is 1. The van der Waals surface area contributed by atoms with E-state index in [0.29, 0.717) is 5.84 Å². The Bertz CT molecular complexity index is 334. The summed E-state index contributed by atoms with van der Waals surface area (Å²) >= 11 is 3.45. The predicted octanol–water partition coefficient (Wildman–Crippen LogP) is 1.60. The van der Waals surface area contributed by atoms with E-state index in [-0.39, 0.29) is 0 Å². The number of nitrogens with two attached hydrogens (primary N) is 1. The van der Waals surface area contributed by atoms with Crippen LogP contribution < -0.4 is 11.3 Å². The van der Waals surface area contributed by atoms with Gasteiger partial charge in [0, 0.05) is 17.1 Å². The van der Waals surface area contributed by atoms with E-state index in [0.717, 1.165) is 10.0 Å². The predicted molar refractivity (Wildman–Crippen MR) is 58.7 cm³/mol. The van der Waals surface area contributed by atoms with Crippen LogP contribution in [0.4, 0.5) is 0 Å². The Labute approximate surface area is 86.1 Å². The topological polar surface area (TPSA) is 50.4 Å². The second-order valence-corrected chi connectivity index (χ2v) is 3.55. The van der Waals surface area contributed by atoms with Gasteiger partial charge in [-0.3, -0.25) is 4.99 Å². The van der Waals surface area contributed by atoms with E-state index in [4.69, 9.17) is 5.84 Å². The molecule has 70 valence electrons. The first kappa shape index (κ1) is 10.2. The van der Waals surface area contributed by atoms with Crippen molar-refractivity contribution < 1.29 is 0 Å². The summed E-state index contributed by atoms with van der Waals surface area (Å²) in [7, 11) is 1.70. The largest absolute Gasteiger partial charge is 0.308 e. The first-order valence-electron chi connectivity index (χ1n) is 3.89. The molecule has 0 aliphatic carbocycles. The number of hydrogen-bond acceptors (Lipinski definition) is 2. The molecule has 0 radical (unpaired) electrons. The molecule has 4 heteroatoms. The Morgan fingerprint density at radius 3 is 2.69 bits per heavy atom. The van der Waals surface area contributed by atoms with Gasteiger partial charge in [-0.25, -0.2) is 5.84 Å². The molecule has 0 fully saturated rings. The van der Waals surface area contributed by atoms with E-state index in [1.165, 1.54) is 5.56 Å². The molecule has 0 spiro atoms. The average molecular weight is 242 g/mol. The van der Waals surface area contributed by atoms with E-state index in [1.807, 2.05) is 25.1 Å². The zero-order valence-electron chi connectivity index (χ0n) is 7.63. The number of amidine groups is 1. The van der Waals surface area contributed by atoms with E-state index >= 15 is 0 Å². The Hall–Kier alpha value is -0.870. The normalized spacial score (nSPS) is 11.5. The van der Waals surface area contributed by atoms with E-state index in [9.17, 15) is 0 Å². The molecule has 0 aromatic heterocycles. The lowest BCUT2D eigenvalue weighted by Gasteiger charge is -2.07. The van der Waals surface area contributed by atoms with Crippen LogP contribution in [0.15, 0.2) is 27.7 Å². The van der Waals surface area contributed by atoms with E-state index in [2.05, 4.69) is 26.3 Å². The minimum atomic E-state index is 0.673. The van der Waals surface area contributed by atoms with Crippen molar-refractivity contribution in [2.24, 2.45) is 10.8 Å². The molecule has 0 bridgehead atoms. The highest BCUT2D eigenvalue weighted by Gasteiger charge is 2.04. The number of aliphatic imine (C=N–C) groups is 1. The van der Waals surface area contributed by atoms with Gasteiger partial charge in [-0.15, -0.1) is 0 Å². The third-order valence-corrected chi connectivity index (χ3v) is 2.40. The molecule has 0 amide bonds. The van der Waals surface area contributed by atoms with Crippen molar-refractivity contribution in [2.75, 3.05) is 7.05 Å². The smallest absolute Gasteiger partial charge is 0.143 e. The first-order chi connectivity index (χ1) is 6.19. The number of hydrazine groups is 1. The molecule has 3 nitrogen and oxygen atoms in total. The van der Waals surface area contributed by atoms with Crippen LogP contribution in [-0.2, 0) is 0 Å². The van der Waals surface area contributed by atoms with Crippen molar-refractivity contribution in [3.63, 3.8) is 0 Å². The first-order valence-corrected chi connectivity index (χ1v) is 4.68. The third-order valence-electron chi connectivity index (χ3n) is 1.74. The lowest BCUT2D eigenvalue weighted by atomic mass is 10.1. The molecular weight excluding hydrogens is 230 g/mol. The van der Waals surface area contributed by atoms with Crippen LogP contribution in [0.3, 0.4) is 0 Å². The van der Waals surface area contributed by atoms with Crippen LogP contribution in [0, 0.1) is 6.92 Å². The SMILES string of the molecule is CN=C(NN)c1ccc(C)cc1Br. The molecule has 1 aromatic carbocycles. The number of halogens is 1. The number of hydrogen-bond donors (Lipinski definition) is 2. The van der Waals surface area contributed by atoms with Gasteiger partial charge in [-0.1, -0.05) is 22.0 Å². The van der Waals surface area contributed by atoms with Gasteiger partial charge in [0.1, 0.15) is 5.84 Å². The van der Waals surface area contributed by atoms with Crippen LogP contribution in [0.25, 0.3) is 0 Å². The van der Waals surface area contributed by atoms with Crippen molar-refractivity contribution in [1.29, 1.82) is 0 Å². The highest BCUT2D eigenvalue weighted by molar-refractivity contribution is 9.10. The fourth-order valence-electron chi connectivity index (χ4n) is 1.07. The summed E-state index contributed by atoms with van der Waals surface area (Å²) in [5.41, 5.74) is 4.71. The summed E-state index contributed by atoms with van der Waals surface area (Å²) in [5.74, 6) is 5.99. The molecule has 3 N–H and O–H groups in total. The maximum Gasteiger partial charge on any atom is 0.143 e. The second kappa shape index (κ2) is 4.39. The third kappa shape index (κ3) is 2.29. The molecule has 13 heavy (non-hydrogen) atoms. The van der Waals surface area contributed by atoms with Crippen LogP contribution in [-0.4, -0.2) is 12.9 Å². The summed E-state index contributed by atoms with van der Waals surface area (Å²) in [6.45, 7) is 2.03. The maximum atomic E-state index is 5.32. The number of aryl methyl sites for hydroxylation is 1. The molecule has 0 atom stereocenters. The summed E-state index contributed by atoms with van der Waals surface area (Å²) in [6.07, 6.45) is 0. The van der Waals surface area contributed by atoms with Gasteiger partial charge in [-0.2, -0.15) is 0 Å². The Morgan fingerprint density at radius 1 is 1.54 bits per heavy atom. The molecule has 0 saturated heterocycles. The fourth-order valence-corrected chi connectivity index (χ4v) is 1.76. The Morgan fingerprint density at radius 2 is 2.23 bits per heavy atom. The average Bonchev–Trinajstić information content (AvgIpc) is 2.10. The van der Waals surface area contributed by atoms with Crippen LogP contribution >= 0.6 is 15.9 Å². The number of rotatable bonds is 1. The molecule has 0 unspecified atom stereocenters. The van der Waals surface area contributed by atoms with Gasteiger partial charge in [0.05, 0.1) is 0 Å². The quantitative estimate of drug-likeness (QED) is 0.340. The molecular formula is C9H12BrN3. The zero-order chi connectivity index (χ0) is 9.84. The monoisotopic (exact) mass is 241 g/mol. The molecule has 1 aromatic rings. The van der Waals surface area contributed by atoms with Crippen LogP contribution in [0.5, 0.6) is 0 Å². The molecule has 0 heterocycles. The summed E-state index contributed by atoms with van der Waals surface area (Å²) < 4.78 is 0.992. The number of nitrogens with one attached hydrogen (secondary N) is 1. The van der Waals surface area contributed by atoms with Gasteiger partial charge in [-0.05, 0) is 24.6 Å². The zero-order valence-corrected chi connectivity index (χ0v) is 9.22. The van der Waals surface area contributed by atoms with Crippen LogP contribution in [0.1, 0.15) is 11.1 Å². The van der Waals surface area contributed by atoms with Gasteiger partial charge in [0.15, 0.2) is 0 Å². The van der Waals surface area contributed by atoms with Gasteiger partial charge >= 0.3 is 0 Å². The Kier molecular flexibility index (Phi) is 3.45. The standard InChI is InChI=1S/C9H12BrN3/c1-6-3-4-7(8(10)5-6)9(12-2)13-11/h3-5H,11H2,1-2H3,(H,12,13). The highest BCUT2D eigenvalue weighted by atomic mass is 79.9. The van der Waals surface area contributed by atoms with Gasteiger partial charge in [0.25, 0.3) is 0 Å². The van der Waals surface area contributed by atoms with E-state index in [1.54, 1.807) is 7.05 Å². The lowest BCUT2D eigenvalue weighted by molar-refractivity contribution is 1.02. The second-order valence-electron chi connectivity index (χ2n) is 2.70. The molecule has 0 aliphatic rings. The van der Waals surface area contributed by atoms with E-state index < -0.39 is 0 Å². The lowest BCUT2D eigenvalue weighted by Crippen LogP contribution is -2.31. The van der Waals surface area contributed by atoms with Crippen LogP contribution in [0.2, 0.25) is 0 Å². The highest BCUT2D eigenvalue weighted by Crippen LogP contribution is 2.18. The Balaban J connectivity index is 3.15. The van der Waals surface area contributed by atoms with Crippen molar-refractivity contribution in [3.8, 4) is 0 Å². The number of benzene rings is 1. The van der Waals surface area contributed by atoms with Crippen molar-refractivity contribution in [3.05, 3.63) is 33.8 Å². The minimum absolute atomic E-state index is 0.673. The summed E-state index contributed by atoms with van der Waals surface area (Å²) in [6, 6.07) is 6.02. The molecule has 0 aliphatic heterocycles.